The monoisotopic (exact) mass is 340 g/mol. The molecule has 7 heteroatoms. The lowest BCUT2D eigenvalue weighted by atomic mass is 10.1. The molecule has 0 fully saturated rings. The number of carbonyl (C=O) groups excluding carboxylic acids is 1. The third-order valence-electron chi connectivity index (χ3n) is 2.89. The van der Waals surface area contributed by atoms with Crippen LogP contribution in [0.3, 0.4) is 0 Å². The Balaban J connectivity index is 2.14. The van der Waals surface area contributed by atoms with Crippen LogP contribution in [0.5, 0.6) is 11.5 Å². The third-order valence-corrected chi connectivity index (χ3v) is 3.27. The highest BCUT2D eigenvalue weighted by atomic mass is 35.5. The van der Waals surface area contributed by atoms with Gasteiger partial charge in [0.15, 0.2) is 0 Å². The molecule has 1 aromatic heterocycles. The Kier molecular flexibility index (Phi) is 5.46. The van der Waals surface area contributed by atoms with Gasteiger partial charge in [-0.3, -0.25) is 4.79 Å². The molecule has 5 nitrogen and oxygen atoms in total. The van der Waals surface area contributed by atoms with Crippen LogP contribution in [0.2, 0.25) is 10.3 Å². The summed E-state index contributed by atoms with van der Waals surface area (Å²) in [7, 11) is 3.11. The summed E-state index contributed by atoms with van der Waals surface area (Å²) >= 11 is 11.6. The number of hydrogen-bond donors (Lipinski definition) is 1. The zero-order valence-electron chi connectivity index (χ0n) is 12.0. The summed E-state index contributed by atoms with van der Waals surface area (Å²) in [4.78, 5) is 16.0. The van der Waals surface area contributed by atoms with Gasteiger partial charge in [-0.25, -0.2) is 4.98 Å². The van der Waals surface area contributed by atoms with Crippen LogP contribution in [-0.2, 0) is 11.2 Å². The van der Waals surface area contributed by atoms with Gasteiger partial charge in [0, 0.05) is 11.3 Å². The van der Waals surface area contributed by atoms with Gasteiger partial charge >= 0.3 is 0 Å². The van der Waals surface area contributed by atoms with Crippen LogP contribution in [-0.4, -0.2) is 25.1 Å². The number of benzene rings is 1. The molecule has 1 aromatic carbocycles. The number of pyridine rings is 1. The molecule has 0 saturated heterocycles. The predicted molar refractivity (Wildman–Crippen MR) is 86.1 cm³/mol. The normalized spacial score (nSPS) is 10.2. The quantitative estimate of drug-likeness (QED) is 0.845. The average Bonchev–Trinajstić information content (AvgIpc) is 2.45. The first-order valence-corrected chi connectivity index (χ1v) is 7.11. The van der Waals surface area contributed by atoms with Crippen molar-refractivity contribution >= 4 is 34.8 Å². The minimum absolute atomic E-state index is 0.123. The molecule has 2 aromatic rings. The first-order chi connectivity index (χ1) is 10.5. The zero-order chi connectivity index (χ0) is 16.1. The van der Waals surface area contributed by atoms with E-state index in [4.69, 9.17) is 32.7 Å². The van der Waals surface area contributed by atoms with Crippen molar-refractivity contribution in [3.8, 4) is 11.5 Å². The Labute approximate surface area is 138 Å². The number of halogens is 2. The van der Waals surface area contributed by atoms with Crippen molar-refractivity contribution in [1.82, 2.24) is 4.98 Å². The molecule has 1 amide bonds. The molecule has 0 aliphatic heterocycles. The van der Waals surface area contributed by atoms with Crippen LogP contribution < -0.4 is 14.8 Å². The average molecular weight is 341 g/mol. The largest absolute Gasteiger partial charge is 0.497 e. The molecule has 22 heavy (non-hydrogen) atoms. The number of nitrogens with one attached hydrogen (secondary N) is 1. The number of carbonyl (C=O) groups is 1. The number of ether oxygens (including phenoxy) is 2. The number of anilines is 1. The lowest BCUT2D eigenvalue weighted by molar-refractivity contribution is -0.115. The van der Waals surface area contributed by atoms with Crippen molar-refractivity contribution in [3.05, 3.63) is 46.2 Å². The molecular weight excluding hydrogens is 327 g/mol. The highest BCUT2D eigenvalue weighted by Gasteiger charge is 2.11. The van der Waals surface area contributed by atoms with Crippen molar-refractivity contribution in [2.24, 2.45) is 0 Å². The Hall–Kier alpha value is -1.98. The second kappa shape index (κ2) is 7.33. The molecule has 0 unspecified atom stereocenters. The maximum atomic E-state index is 12.2. The SMILES string of the molecule is COc1ccc(OC)c(CC(=O)Nc2cc(Cl)nc(Cl)c2)c1. The summed E-state index contributed by atoms with van der Waals surface area (Å²) in [5, 5.41) is 3.14. The van der Waals surface area contributed by atoms with Crippen molar-refractivity contribution in [1.29, 1.82) is 0 Å². The van der Waals surface area contributed by atoms with E-state index in [1.165, 1.54) is 12.1 Å². The molecule has 0 spiro atoms. The second-order valence-corrected chi connectivity index (χ2v) is 5.18. The number of hydrogen-bond acceptors (Lipinski definition) is 4. The van der Waals surface area contributed by atoms with Crippen LogP contribution in [0.1, 0.15) is 5.56 Å². The van der Waals surface area contributed by atoms with Crippen LogP contribution in [0.25, 0.3) is 0 Å². The van der Waals surface area contributed by atoms with Gasteiger partial charge in [0.2, 0.25) is 5.91 Å². The van der Waals surface area contributed by atoms with Gasteiger partial charge in [-0.05, 0) is 30.3 Å². The molecule has 1 N–H and O–H groups in total. The van der Waals surface area contributed by atoms with Gasteiger partial charge in [0.05, 0.1) is 20.6 Å². The molecule has 1 heterocycles. The molecule has 0 saturated carbocycles. The summed E-state index contributed by atoms with van der Waals surface area (Å²) in [5.41, 5.74) is 1.20. The summed E-state index contributed by atoms with van der Waals surface area (Å²) < 4.78 is 10.4. The second-order valence-electron chi connectivity index (χ2n) is 4.40. The van der Waals surface area contributed by atoms with Crippen molar-refractivity contribution in [2.75, 3.05) is 19.5 Å². The highest BCUT2D eigenvalue weighted by Crippen LogP contribution is 2.25. The minimum Gasteiger partial charge on any atom is -0.497 e. The lowest BCUT2D eigenvalue weighted by Crippen LogP contribution is -2.15. The Morgan fingerprint density at radius 3 is 2.41 bits per heavy atom. The van der Waals surface area contributed by atoms with E-state index in [1.54, 1.807) is 32.4 Å². The van der Waals surface area contributed by atoms with E-state index in [-0.39, 0.29) is 22.6 Å². The predicted octanol–water partition coefficient (Wildman–Crippen LogP) is 3.59. The highest BCUT2D eigenvalue weighted by molar-refractivity contribution is 6.33. The fraction of sp³-hybridized carbons (Fsp3) is 0.200. The van der Waals surface area contributed by atoms with Crippen LogP contribution in [0, 0.1) is 0 Å². The van der Waals surface area contributed by atoms with Gasteiger partial charge in [0.25, 0.3) is 0 Å². The van der Waals surface area contributed by atoms with Crippen molar-refractivity contribution in [2.45, 2.75) is 6.42 Å². The Bertz CT molecular complexity index is 672. The van der Waals surface area contributed by atoms with Gasteiger partial charge in [-0.15, -0.1) is 0 Å². The minimum atomic E-state index is -0.232. The summed E-state index contributed by atoms with van der Waals surface area (Å²) in [6, 6.07) is 8.32. The summed E-state index contributed by atoms with van der Waals surface area (Å²) in [5.74, 6) is 1.03. The van der Waals surface area contributed by atoms with E-state index < -0.39 is 0 Å². The van der Waals surface area contributed by atoms with E-state index in [1.807, 2.05) is 0 Å². The molecule has 0 radical (unpaired) electrons. The Morgan fingerprint density at radius 1 is 1.14 bits per heavy atom. The first kappa shape index (κ1) is 16.4. The van der Waals surface area contributed by atoms with Gasteiger partial charge in [0.1, 0.15) is 21.8 Å². The van der Waals surface area contributed by atoms with E-state index in [2.05, 4.69) is 10.3 Å². The molecule has 0 atom stereocenters. The van der Waals surface area contributed by atoms with Gasteiger partial charge in [-0.2, -0.15) is 0 Å². The van der Waals surface area contributed by atoms with Crippen molar-refractivity contribution < 1.29 is 14.3 Å². The molecule has 0 aliphatic rings. The van der Waals surface area contributed by atoms with E-state index >= 15 is 0 Å². The van der Waals surface area contributed by atoms with Crippen LogP contribution in [0.15, 0.2) is 30.3 Å². The number of rotatable bonds is 5. The topological polar surface area (TPSA) is 60.5 Å². The molecule has 0 bridgehead atoms. The smallest absolute Gasteiger partial charge is 0.228 e. The maximum Gasteiger partial charge on any atom is 0.228 e. The summed E-state index contributed by atoms with van der Waals surface area (Å²) in [6.45, 7) is 0. The van der Waals surface area contributed by atoms with Crippen molar-refractivity contribution in [3.63, 3.8) is 0 Å². The summed E-state index contributed by atoms with van der Waals surface area (Å²) in [6.07, 6.45) is 0.123. The first-order valence-electron chi connectivity index (χ1n) is 6.35. The molecule has 116 valence electrons. The fourth-order valence-corrected chi connectivity index (χ4v) is 2.40. The number of methoxy groups -OCH3 is 2. The van der Waals surface area contributed by atoms with Gasteiger partial charge < -0.3 is 14.8 Å². The Morgan fingerprint density at radius 2 is 1.82 bits per heavy atom. The zero-order valence-corrected chi connectivity index (χ0v) is 13.5. The van der Waals surface area contributed by atoms with E-state index in [9.17, 15) is 4.79 Å². The van der Waals surface area contributed by atoms with Crippen LogP contribution in [0.4, 0.5) is 5.69 Å². The standard InChI is InChI=1S/C15H14Cl2N2O3/c1-21-11-3-4-12(22-2)9(5-11)6-15(20)18-10-7-13(16)19-14(17)8-10/h3-5,7-8H,6H2,1-2H3,(H,18,19,20). The maximum absolute atomic E-state index is 12.2. The number of nitrogens with zero attached hydrogens (tertiary/aromatic N) is 1. The van der Waals surface area contributed by atoms with E-state index in [0.29, 0.717) is 22.7 Å². The molecule has 2 rings (SSSR count). The molecule has 0 aliphatic carbocycles. The fourth-order valence-electron chi connectivity index (χ4n) is 1.94. The molecular formula is C15H14Cl2N2O3. The van der Waals surface area contributed by atoms with E-state index in [0.717, 1.165) is 0 Å². The van der Waals surface area contributed by atoms with Crippen LogP contribution >= 0.6 is 23.2 Å². The van der Waals surface area contributed by atoms with Gasteiger partial charge in [-0.1, -0.05) is 23.2 Å². The third kappa shape index (κ3) is 4.26. The number of aromatic nitrogens is 1. The lowest BCUT2D eigenvalue weighted by Gasteiger charge is -2.11. The number of amides is 1.